The molecule has 0 fully saturated rings. The van der Waals surface area contributed by atoms with Crippen LogP contribution in [-0.2, 0) is 13.5 Å². The average Bonchev–Trinajstić information content (AvgIpc) is 2.69. The zero-order chi connectivity index (χ0) is 12.3. The average molecular weight is 233 g/mol. The number of halogens is 1. The maximum Gasteiger partial charge on any atom is 0.125 e. The molecule has 0 bridgehead atoms. The zero-order valence-corrected chi connectivity index (χ0v) is 10.1. The van der Waals surface area contributed by atoms with Crippen LogP contribution in [0.25, 0.3) is 0 Å². The standard InChI is InChI=1S/C13H16FN3/c1-10-3-4-12(14)7-13(10)15-6-5-11-8-16-17(2)9-11/h3-4,7-9,15H,5-6H2,1-2H3. The normalized spacial score (nSPS) is 10.5. The summed E-state index contributed by atoms with van der Waals surface area (Å²) < 4.78 is 14.8. The van der Waals surface area contributed by atoms with Gasteiger partial charge in [-0.1, -0.05) is 6.07 Å². The van der Waals surface area contributed by atoms with Gasteiger partial charge in [-0.25, -0.2) is 4.39 Å². The zero-order valence-electron chi connectivity index (χ0n) is 10.1. The molecule has 1 heterocycles. The number of aromatic nitrogens is 2. The molecule has 0 amide bonds. The Morgan fingerprint density at radius 1 is 1.41 bits per heavy atom. The molecule has 0 aliphatic rings. The van der Waals surface area contributed by atoms with E-state index < -0.39 is 0 Å². The molecule has 0 radical (unpaired) electrons. The summed E-state index contributed by atoms with van der Waals surface area (Å²) >= 11 is 0. The summed E-state index contributed by atoms with van der Waals surface area (Å²) in [6.07, 6.45) is 4.71. The van der Waals surface area contributed by atoms with E-state index in [9.17, 15) is 4.39 Å². The lowest BCUT2D eigenvalue weighted by molar-refractivity contribution is 0.628. The smallest absolute Gasteiger partial charge is 0.125 e. The highest BCUT2D eigenvalue weighted by atomic mass is 19.1. The summed E-state index contributed by atoms with van der Waals surface area (Å²) in [5, 5.41) is 7.34. The Bertz CT molecular complexity index is 505. The highest BCUT2D eigenvalue weighted by Crippen LogP contribution is 2.15. The van der Waals surface area contributed by atoms with Crippen LogP contribution in [0.5, 0.6) is 0 Å². The van der Waals surface area contributed by atoms with Gasteiger partial charge in [0.2, 0.25) is 0 Å². The first-order valence-electron chi connectivity index (χ1n) is 5.63. The first-order valence-corrected chi connectivity index (χ1v) is 5.63. The predicted octanol–water partition coefficient (Wildman–Crippen LogP) is 2.52. The number of aryl methyl sites for hydroxylation is 2. The van der Waals surface area contributed by atoms with Crippen LogP contribution in [0.4, 0.5) is 10.1 Å². The van der Waals surface area contributed by atoms with Gasteiger partial charge < -0.3 is 5.32 Å². The molecule has 17 heavy (non-hydrogen) atoms. The molecule has 1 aromatic heterocycles. The Morgan fingerprint density at radius 2 is 2.24 bits per heavy atom. The Balaban J connectivity index is 1.91. The number of rotatable bonds is 4. The summed E-state index contributed by atoms with van der Waals surface area (Å²) in [7, 11) is 1.90. The largest absolute Gasteiger partial charge is 0.384 e. The summed E-state index contributed by atoms with van der Waals surface area (Å²) in [5.74, 6) is -0.209. The van der Waals surface area contributed by atoms with Gasteiger partial charge in [-0.15, -0.1) is 0 Å². The van der Waals surface area contributed by atoms with Crippen LogP contribution in [0.15, 0.2) is 30.6 Å². The molecule has 1 N–H and O–H groups in total. The van der Waals surface area contributed by atoms with Crippen molar-refractivity contribution >= 4 is 5.69 Å². The van der Waals surface area contributed by atoms with Gasteiger partial charge in [0.25, 0.3) is 0 Å². The molecule has 0 spiro atoms. The van der Waals surface area contributed by atoms with Crippen molar-refractivity contribution in [1.29, 1.82) is 0 Å². The number of benzene rings is 1. The minimum absolute atomic E-state index is 0.209. The van der Waals surface area contributed by atoms with Crippen LogP contribution in [0.1, 0.15) is 11.1 Å². The van der Waals surface area contributed by atoms with E-state index in [0.29, 0.717) is 0 Å². The molecule has 0 atom stereocenters. The SMILES string of the molecule is Cc1ccc(F)cc1NCCc1cnn(C)c1. The number of nitrogens with zero attached hydrogens (tertiary/aromatic N) is 2. The second-order valence-electron chi connectivity index (χ2n) is 4.16. The van der Waals surface area contributed by atoms with Gasteiger partial charge in [-0.2, -0.15) is 5.10 Å². The minimum atomic E-state index is -0.209. The third-order valence-corrected chi connectivity index (χ3v) is 2.69. The maximum absolute atomic E-state index is 13.0. The van der Waals surface area contributed by atoms with Crippen molar-refractivity contribution < 1.29 is 4.39 Å². The van der Waals surface area contributed by atoms with E-state index in [0.717, 1.165) is 24.2 Å². The van der Waals surface area contributed by atoms with Crippen molar-refractivity contribution in [2.24, 2.45) is 7.05 Å². The molecule has 90 valence electrons. The number of hydrogen-bond acceptors (Lipinski definition) is 2. The van der Waals surface area contributed by atoms with Crippen LogP contribution in [0, 0.1) is 12.7 Å². The fraction of sp³-hybridized carbons (Fsp3) is 0.308. The van der Waals surface area contributed by atoms with Crippen molar-refractivity contribution in [3.8, 4) is 0 Å². The van der Waals surface area contributed by atoms with E-state index in [-0.39, 0.29) is 5.82 Å². The molecule has 2 aromatic rings. The van der Waals surface area contributed by atoms with Gasteiger partial charge >= 0.3 is 0 Å². The van der Waals surface area contributed by atoms with Gasteiger partial charge in [-0.3, -0.25) is 4.68 Å². The van der Waals surface area contributed by atoms with Gasteiger partial charge in [0, 0.05) is 25.5 Å². The summed E-state index contributed by atoms with van der Waals surface area (Å²) in [4.78, 5) is 0. The van der Waals surface area contributed by atoms with Crippen LogP contribution >= 0.6 is 0 Å². The number of nitrogens with one attached hydrogen (secondary N) is 1. The van der Waals surface area contributed by atoms with E-state index in [1.165, 1.54) is 17.7 Å². The number of hydrogen-bond donors (Lipinski definition) is 1. The third-order valence-electron chi connectivity index (χ3n) is 2.69. The molecular weight excluding hydrogens is 217 g/mol. The van der Waals surface area contributed by atoms with Crippen molar-refractivity contribution in [2.75, 3.05) is 11.9 Å². The van der Waals surface area contributed by atoms with Crippen LogP contribution < -0.4 is 5.32 Å². The molecule has 0 aliphatic carbocycles. The Morgan fingerprint density at radius 3 is 2.94 bits per heavy atom. The van der Waals surface area contributed by atoms with E-state index in [4.69, 9.17) is 0 Å². The Hall–Kier alpha value is -1.84. The Labute approximate surface area is 100 Å². The molecule has 3 nitrogen and oxygen atoms in total. The van der Waals surface area contributed by atoms with Crippen LogP contribution in [0.3, 0.4) is 0 Å². The first kappa shape index (κ1) is 11.6. The van der Waals surface area contributed by atoms with Crippen molar-refractivity contribution in [3.63, 3.8) is 0 Å². The lowest BCUT2D eigenvalue weighted by Crippen LogP contribution is -2.05. The second kappa shape index (κ2) is 4.99. The maximum atomic E-state index is 13.0. The highest BCUT2D eigenvalue weighted by Gasteiger charge is 2.00. The van der Waals surface area contributed by atoms with Gasteiger partial charge in [0.15, 0.2) is 0 Å². The summed E-state index contributed by atoms with van der Waals surface area (Å²) in [6.45, 7) is 2.74. The fourth-order valence-electron chi connectivity index (χ4n) is 1.73. The summed E-state index contributed by atoms with van der Waals surface area (Å²) in [5.41, 5.74) is 3.08. The first-order chi connectivity index (χ1) is 8.15. The van der Waals surface area contributed by atoms with Crippen molar-refractivity contribution in [1.82, 2.24) is 9.78 Å². The Kier molecular flexibility index (Phi) is 3.42. The van der Waals surface area contributed by atoms with Gasteiger partial charge in [-0.05, 0) is 36.6 Å². The molecule has 4 heteroatoms. The minimum Gasteiger partial charge on any atom is -0.384 e. The topological polar surface area (TPSA) is 29.9 Å². The predicted molar refractivity (Wildman–Crippen MR) is 66.5 cm³/mol. The van der Waals surface area contributed by atoms with E-state index in [2.05, 4.69) is 10.4 Å². The molecular formula is C13H16FN3. The van der Waals surface area contributed by atoms with Crippen molar-refractivity contribution in [3.05, 3.63) is 47.5 Å². The van der Waals surface area contributed by atoms with E-state index in [1.807, 2.05) is 26.4 Å². The van der Waals surface area contributed by atoms with E-state index in [1.54, 1.807) is 10.7 Å². The lowest BCUT2D eigenvalue weighted by Gasteiger charge is -2.08. The third kappa shape index (κ3) is 3.06. The second-order valence-corrected chi connectivity index (χ2v) is 4.16. The quantitative estimate of drug-likeness (QED) is 0.879. The molecule has 0 saturated carbocycles. The van der Waals surface area contributed by atoms with Gasteiger partial charge in [0.05, 0.1) is 6.20 Å². The van der Waals surface area contributed by atoms with Crippen LogP contribution in [0.2, 0.25) is 0 Å². The summed E-state index contributed by atoms with van der Waals surface area (Å²) in [6, 6.07) is 4.78. The van der Waals surface area contributed by atoms with Crippen LogP contribution in [-0.4, -0.2) is 16.3 Å². The molecule has 1 aromatic carbocycles. The molecule has 0 aliphatic heterocycles. The molecule has 2 rings (SSSR count). The lowest BCUT2D eigenvalue weighted by atomic mass is 10.2. The van der Waals surface area contributed by atoms with Crippen molar-refractivity contribution in [2.45, 2.75) is 13.3 Å². The number of anilines is 1. The highest BCUT2D eigenvalue weighted by molar-refractivity contribution is 5.50. The van der Waals surface area contributed by atoms with Gasteiger partial charge in [0.1, 0.15) is 5.82 Å². The molecule has 0 saturated heterocycles. The molecule has 0 unspecified atom stereocenters. The fourth-order valence-corrected chi connectivity index (χ4v) is 1.73. The monoisotopic (exact) mass is 233 g/mol. The van der Waals surface area contributed by atoms with E-state index >= 15 is 0 Å².